The predicted octanol–water partition coefficient (Wildman–Crippen LogP) is 1.56. The van der Waals surface area contributed by atoms with E-state index in [2.05, 4.69) is 38.2 Å². The van der Waals surface area contributed by atoms with Crippen LogP contribution in [0.4, 0.5) is 0 Å². The van der Waals surface area contributed by atoms with Gasteiger partial charge in [-0.2, -0.15) is 0 Å². The van der Waals surface area contributed by atoms with E-state index in [9.17, 15) is 4.79 Å². The largest absolute Gasteiger partial charge is 0.409 e. The third kappa shape index (κ3) is 6.14. The van der Waals surface area contributed by atoms with Crippen molar-refractivity contribution in [1.82, 2.24) is 5.32 Å². The van der Waals surface area contributed by atoms with Crippen molar-refractivity contribution in [2.45, 2.75) is 41.0 Å². The van der Waals surface area contributed by atoms with E-state index < -0.39 is 0 Å². The van der Waals surface area contributed by atoms with Gasteiger partial charge in [-0.1, -0.05) is 39.8 Å². The molecule has 0 bridgehead atoms. The summed E-state index contributed by atoms with van der Waals surface area (Å²) in [5.74, 6) is 0.287. The summed E-state index contributed by atoms with van der Waals surface area (Å²) in [6.45, 7) is 10.6. The highest BCUT2D eigenvalue weighted by molar-refractivity contribution is 5.83. The van der Waals surface area contributed by atoms with Crippen LogP contribution in [0.2, 0.25) is 0 Å². The molecule has 0 aliphatic rings. The number of carbonyl (C=O) groups excluding carboxylic acids is 1. The van der Waals surface area contributed by atoms with Crippen LogP contribution in [0, 0.1) is 17.3 Å². The molecule has 5 heteroatoms. The second-order valence-corrected chi connectivity index (χ2v) is 5.70. The highest BCUT2D eigenvalue weighted by Gasteiger charge is 2.22. The first-order chi connectivity index (χ1) is 7.68. The van der Waals surface area contributed by atoms with Gasteiger partial charge >= 0.3 is 0 Å². The number of nitrogens with zero attached hydrogens (tertiary/aromatic N) is 1. The first-order valence-electron chi connectivity index (χ1n) is 5.92. The molecule has 0 radical (unpaired) electrons. The fourth-order valence-electron chi connectivity index (χ4n) is 1.13. The van der Waals surface area contributed by atoms with Crippen LogP contribution in [0.3, 0.4) is 0 Å². The van der Waals surface area contributed by atoms with E-state index in [4.69, 9.17) is 10.9 Å². The summed E-state index contributed by atoms with van der Waals surface area (Å²) in [7, 11) is 0. The van der Waals surface area contributed by atoms with Gasteiger partial charge in [0, 0.05) is 18.9 Å². The minimum Gasteiger partial charge on any atom is -0.409 e. The van der Waals surface area contributed by atoms with E-state index in [-0.39, 0.29) is 23.1 Å². The van der Waals surface area contributed by atoms with Gasteiger partial charge in [0.2, 0.25) is 5.91 Å². The van der Waals surface area contributed by atoms with Crippen LogP contribution in [0.25, 0.3) is 0 Å². The molecule has 0 aromatic heterocycles. The number of amidine groups is 1. The molecule has 5 nitrogen and oxygen atoms in total. The number of nitrogens with one attached hydrogen (secondary N) is 1. The van der Waals surface area contributed by atoms with Crippen molar-refractivity contribution in [2.24, 2.45) is 28.1 Å². The molecule has 1 amide bonds. The van der Waals surface area contributed by atoms with E-state index >= 15 is 0 Å². The first-order valence-corrected chi connectivity index (χ1v) is 5.92. The van der Waals surface area contributed by atoms with E-state index in [0.717, 1.165) is 0 Å². The molecular formula is C12H25N3O2. The minimum absolute atomic E-state index is 0.00464. The lowest BCUT2D eigenvalue weighted by Crippen LogP contribution is -2.36. The molecular weight excluding hydrogens is 218 g/mol. The normalized spacial score (nSPS) is 16.4. The number of hydrogen-bond acceptors (Lipinski definition) is 3. The average Bonchev–Trinajstić information content (AvgIpc) is 2.23. The topological polar surface area (TPSA) is 87.7 Å². The van der Waals surface area contributed by atoms with Gasteiger partial charge < -0.3 is 16.3 Å². The van der Waals surface area contributed by atoms with Gasteiger partial charge in [0.05, 0.1) is 0 Å². The molecule has 0 heterocycles. The van der Waals surface area contributed by atoms with Crippen LogP contribution in [0.5, 0.6) is 0 Å². The second-order valence-electron chi connectivity index (χ2n) is 5.70. The Bertz CT molecular complexity index is 282. The highest BCUT2D eigenvalue weighted by Crippen LogP contribution is 2.27. The molecule has 0 aromatic rings. The SMILES string of the molecule is CC(CNC(=O)CC(C)C(C)(C)C)C(N)=NO. The average molecular weight is 243 g/mol. The summed E-state index contributed by atoms with van der Waals surface area (Å²) in [5.41, 5.74) is 5.54. The quantitative estimate of drug-likeness (QED) is 0.296. The molecule has 0 aromatic carbocycles. The van der Waals surface area contributed by atoms with Crippen molar-refractivity contribution in [2.75, 3.05) is 6.54 Å². The van der Waals surface area contributed by atoms with Gasteiger partial charge in [-0.05, 0) is 11.3 Å². The van der Waals surface area contributed by atoms with E-state index in [1.807, 2.05) is 0 Å². The first kappa shape index (κ1) is 15.7. The Morgan fingerprint density at radius 3 is 2.35 bits per heavy atom. The highest BCUT2D eigenvalue weighted by atomic mass is 16.4. The Kier molecular flexibility index (Phi) is 5.99. The van der Waals surface area contributed by atoms with Crippen LogP contribution in [-0.2, 0) is 4.79 Å². The van der Waals surface area contributed by atoms with Crippen molar-refractivity contribution in [3.63, 3.8) is 0 Å². The lowest BCUT2D eigenvalue weighted by atomic mass is 9.80. The molecule has 0 rings (SSSR count). The summed E-state index contributed by atoms with van der Waals surface area (Å²) < 4.78 is 0. The van der Waals surface area contributed by atoms with Crippen LogP contribution in [-0.4, -0.2) is 23.5 Å². The molecule has 0 aliphatic carbocycles. The number of carbonyl (C=O) groups is 1. The van der Waals surface area contributed by atoms with Crippen molar-refractivity contribution in [1.29, 1.82) is 0 Å². The molecule has 0 saturated heterocycles. The van der Waals surface area contributed by atoms with Crippen molar-refractivity contribution in [3.05, 3.63) is 0 Å². The molecule has 17 heavy (non-hydrogen) atoms. The van der Waals surface area contributed by atoms with Crippen LogP contribution >= 0.6 is 0 Å². The van der Waals surface area contributed by atoms with Crippen molar-refractivity contribution < 1.29 is 10.0 Å². The Labute approximate surface area is 103 Å². The molecule has 100 valence electrons. The van der Waals surface area contributed by atoms with E-state index in [1.54, 1.807) is 6.92 Å². The lowest BCUT2D eigenvalue weighted by Gasteiger charge is -2.26. The second kappa shape index (κ2) is 6.47. The number of nitrogens with two attached hydrogens (primary N) is 1. The van der Waals surface area contributed by atoms with Crippen LogP contribution in [0.15, 0.2) is 5.16 Å². The number of rotatable bonds is 5. The maximum absolute atomic E-state index is 11.7. The van der Waals surface area contributed by atoms with Gasteiger partial charge in [0.1, 0.15) is 5.84 Å². The molecule has 4 N–H and O–H groups in total. The van der Waals surface area contributed by atoms with Crippen molar-refractivity contribution >= 4 is 11.7 Å². The molecule has 0 saturated carbocycles. The van der Waals surface area contributed by atoms with Crippen LogP contribution in [0.1, 0.15) is 41.0 Å². The Morgan fingerprint density at radius 2 is 1.94 bits per heavy atom. The van der Waals surface area contributed by atoms with Crippen molar-refractivity contribution in [3.8, 4) is 0 Å². The molecule has 0 fully saturated rings. The van der Waals surface area contributed by atoms with Crippen LogP contribution < -0.4 is 11.1 Å². The summed E-state index contributed by atoms with van der Waals surface area (Å²) in [6, 6.07) is 0. The van der Waals surface area contributed by atoms with E-state index in [0.29, 0.717) is 18.9 Å². The zero-order valence-electron chi connectivity index (χ0n) is 11.4. The lowest BCUT2D eigenvalue weighted by molar-refractivity contribution is -0.122. The van der Waals surface area contributed by atoms with Gasteiger partial charge in [-0.25, -0.2) is 0 Å². The third-order valence-corrected chi connectivity index (χ3v) is 3.20. The summed E-state index contributed by atoms with van der Waals surface area (Å²) in [5, 5.41) is 14.2. The summed E-state index contributed by atoms with van der Waals surface area (Å²) in [4.78, 5) is 11.7. The monoisotopic (exact) mass is 243 g/mol. The van der Waals surface area contributed by atoms with E-state index in [1.165, 1.54) is 0 Å². The molecule has 0 spiro atoms. The van der Waals surface area contributed by atoms with Gasteiger partial charge in [0.15, 0.2) is 0 Å². The Morgan fingerprint density at radius 1 is 1.41 bits per heavy atom. The summed E-state index contributed by atoms with van der Waals surface area (Å²) in [6.07, 6.45) is 0.492. The zero-order chi connectivity index (χ0) is 13.6. The van der Waals surface area contributed by atoms with Gasteiger partial charge in [-0.3, -0.25) is 4.79 Å². The molecule has 2 atom stereocenters. The predicted molar refractivity (Wildman–Crippen MR) is 68.8 cm³/mol. The van der Waals surface area contributed by atoms with Gasteiger partial charge in [0.25, 0.3) is 0 Å². The Hall–Kier alpha value is -1.26. The van der Waals surface area contributed by atoms with Gasteiger partial charge in [-0.15, -0.1) is 0 Å². The molecule has 0 aliphatic heterocycles. The standard InChI is InChI=1S/C12H25N3O2/c1-8(11(13)15-17)7-14-10(16)6-9(2)12(3,4)5/h8-9,17H,6-7H2,1-5H3,(H2,13,15)(H,14,16). The maximum atomic E-state index is 11.7. The third-order valence-electron chi connectivity index (χ3n) is 3.20. The minimum atomic E-state index is -0.158. The maximum Gasteiger partial charge on any atom is 0.220 e. The number of amides is 1. The molecule has 2 unspecified atom stereocenters. The Balaban J connectivity index is 4.05. The smallest absolute Gasteiger partial charge is 0.220 e. The summed E-state index contributed by atoms with van der Waals surface area (Å²) >= 11 is 0. The fraction of sp³-hybridized carbons (Fsp3) is 0.833. The number of hydrogen-bond donors (Lipinski definition) is 3. The zero-order valence-corrected chi connectivity index (χ0v) is 11.4. The number of oxime groups is 1. The fourth-order valence-corrected chi connectivity index (χ4v) is 1.13.